The molecule has 0 atom stereocenters. The molecule has 1 amide bonds. The number of fused-ring (bicyclic) bond motifs is 1. The van der Waals surface area contributed by atoms with Crippen molar-refractivity contribution in [3.05, 3.63) is 74.5 Å². The van der Waals surface area contributed by atoms with Crippen molar-refractivity contribution in [3.63, 3.8) is 0 Å². The molecule has 3 aromatic rings. The second kappa shape index (κ2) is 9.88. The number of aromatic nitrogens is 1. The summed E-state index contributed by atoms with van der Waals surface area (Å²) in [5.41, 5.74) is 3.05. The van der Waals surface area contributed by atoms with Gasteiger partial charge in [-0.25, -0.2) is 0 Å². The number of hydrogen-bond acceptors (Lipinski definition) is 5. The van der Waals surface area contributed by atoms with E-state index in [0.717, 1.165) is 16.5 Å². The highest BCUT2D eigenvalue weighted by Gasteiger charge is 2.27. The van der Waals surface area contributed by atoms with Crippen LogP contribution in [-0.4, -0.2) is 67.1 Å². The summed E-state index contributed by atoms with van der Waals surface area (Å²) >= 11 is 5.95. The van der Waals surface area contributed by atoms with Crippen LogP contribution in [0.4, 0.5) is 5.69 Å². The van der Waals surface area contributed by atoms with Crippen molar-refractivity contribution in [3.8, 4) is 6.07 Å². The molecular formula is C26H28ClN5O2. The Balaban J connectivity index is 1.68. The summed E-state index contributed by atoms with van der Waals surface area (Å²) in [6.07, 6.45) is 0. The zero-order valence-corrected chi connectivity index (χ0v) is 20.5. The molecule has 1 aliphatic heterocycles. The van der Waals surface area contributed by atoms with Crippen LogP contribution in [0.5, 0.6) is 0 Å². The van der Waals surface area contributed by atoms with Crippen LogP contribution < -0.4 is 10.5 Å². The molecule has 1 saturated heterocycles. The van der Waals surface area contributed by atoms with Crippen molar-refractivity contribution in [2.24, 2.45) is 0 Å². The highest BCUT2D eigenvalue weighted by Crippen LogP contribution is 2.30. The van der Waals surface area contributed by atoms with Crippen LogP contribution in [-0.2, 0) is 6.54 Å². The molecule has 0 bridgehead atoms. The van der Waals surface area contributed by atoms with Gasteiger partial charge in [-0.2, -0.15) is 5.26 Å². The Morgan fingerprint density at radius 2 is 1.76 bits per heavy atom. The fourth-order valence-corrected chi connectivity index (χ4v) is 4.54. The zero-order chi connectivity index (χ0) is 24.4. The van der Waals surface area contributed by atoms with E-state index < -0.39 is 0 Å². The summed E-state index contributed by atoms with van der Waals surface area (Å²) in [6.45, 7) is 5.29. The van der Waals surface area contributed by atoms with Crippen molar-refractivity contribution in [1.82, 2.24) is 14.4 Å². The molecule has 4 rings (SSSR count). The van der Waals surface area contributed by atoms with Crippen molar-refractivity contribution in [1.29, 1.82) is 5.26 Å². The predicted molar refractivity (Wildman–Crippen MR) is 136 cm³/mol. The number of hydrogen-bond donors (Lipinski definition) is 0. The van der Waals surface area contributed by atoms with Gasteiger partial charge in [-0.05, 0) is 57.4 Å². The lowest BCUT2D eigenvalue weighted by Gasteiger charge is -2.37. The molecule has 0 radical (unpaired) electrons. The number of aryl methyl sites for hydroxylation is 1. The molecule has 0 N–H and O–H groups in total. The summed E-state index contributed by atoms with van der Waals surface area (Å²) in [5, 5.41) is 11.5. The van der Waals surface area contributed by atoms with Gasteiger partial charge in [0.05, 0.1) is 11.2 Å². The second-order valence-corrected chi connectivity index (χ2v) is 9.34. The maximum Gasteiger partial charge on any atom is 0.271 e. The average molecular weight is 478 g/mol. The molecule has 176 valence electrons. The molecule has 2 heterocycles. The number of carbonyl (C=O) groups excluding carboxylic acids is 1. The minimum atomic E-state index is -0.268. The van der Waals surface area contributed by atoms with Gasteiger partial charge < -0.3 is 19.3 Å². The average Bonchev–Trinajstić information content (AvgIpc) is 2.83. The summed E-state index contributed by atoms with van der Waals surface area (Å²) in [7, 11) is 3.92. The topological polar surface area (TPSA) is 72.6 Å². The Morgan fingerprint density at radius 1 is 1.09 bits per heavy atom. The Labute approximate surface area is 204 Å². The van der Waals surface area contributed by atoms with Crippen LogP contribution in [0.25, 0.3) is 10.9 Å². The van der Waals surface area contributed by atoms with Crippen molar-refractivity contribution in [2.75, 3.05) is 51.7 Å². The number of anilines is 1. The fourth-order valence-electron chi connectivity index (χ4n) is 4.41. The number of nitriles is 1. The van der Waals surface area contributed by atoms with E-state index in [2.05, 4.69) is 11.0 Å². The third-order valence-corrected chi connectivity index (χ3v) is 6.50. The summed E-state index contributed by atoms with van der Waals surface area (Å²) in [6, 6.07) is 15.1. The first-order chi connectivity index (χ1) is 16.3. The normalized spacial score (nSPS) is 14.0. The lowest BCUT2D eigenvalue weighted by Crippen LogP contribution is -2.49. The molecule has 7 nitrogen and oxygen atoms in total. The van der Waals surface area contributed by atoms with E-state index in [1.54, 1.807) is 33.7 Å². The quantitative estimate of drug-likeness (QED) is 0.563. The van der Waals surface area contributed by atoms with Gasteiger partial charge in [-0.15, -0.1) is 0 Å². The Bertz CT molecular complexity index is 1320. The molecule has 1 fully saturated rings. The van der Waals surface area contributed by atoms with Gasteiger partial charge in [-0.1, -0.05) is 23.2 Å². The third-order valence-electron chi connectivity index (χ3n) is 6.25. The van der Waals surface area contributed by atoms with Crippen LogP contribution in [0, 0.1) is 18.3 Å². The highest BCUT2D eigenvalue weighted by atomic mass is 35.5. The molecule has 8 heteroatoms. The number of carbonyl (C=O) groups is 1. The summed E-state index contributed by atoms with van der Waals surface area (Å²) in [5.74, 6) is -0.0448. The Morgan fingerprint density at radius 3 is 2.38 bits per heavy atom. The van der Waals surface area contributed by atoms with E-state index in [0.29, 0.717) is 55.5 Å². The summed E-state index contributed by atoms with van der Waals surface area (Å²) in [4.78, 5) is 32.2. The van der Waals surface area contributed by atoms with E-state index in [1.165, 1.54) is 0 Å². The minimum Gasteiger partial charge on any atom is -0.366 e. The standard InChI is InChI=1S/C26H28ClN5O2/c1-18-4-9-23-21(16-18)24(22(17-28)26(34)32(23)15-10-29(2)3)30-11-13-31(14-12-30)25(33)19-5-7-20(27)8-6-19/h4-9,16H,10-15H2,1-3H3. The minimum absolute atomic E-state index is 0.0448. The van der Waals surface area contributed by atoms with Crippen molar-refractivity contribution >= 4 is 34.1 Å². The van der Waals surface area contributed by atoms with Gasteiger partial charge in [0.2, 0.25) is 0 Å². The lowest BCUT2D eigenvalue weighted by molar-refractivity contribution is 0.0747. The zero-order valence-electron chi connectivity index (χ0n) is 19.7. The largest absolute Gasteiger partial charge is 0.366 e. The van der Waals surface area contributed by atoms with E-state index >= 15 is 0 Å². The monoisotopic (exact) mass is 477 g/mol. The highest BCUT2D eigenvalue weighted by molar-refractivity contribution is 6.30. The number of amides is 1. The van der Waals surface area contributed by atoms with Crippen LogP contribution in [0.2, 0.25) is 5.02 Å². The number of pyridine rings is 1. The van der Waals surface area contributed by atoms with Gasteiger partial charge >= 0.3 is 0 Å². The predicted octanol–water partition coefficient (Wildman–Crippen LogP) is 3.36. The van der Waals surface area contributed by atoms with E-state index in [9.17, 15) is 14.9 Å². The molecule has 34 heavy (non-hydrogen) atoms. The van der Waals surface area contributed by atoms with Crippen LogP contribution in [0.1, 0.15) is 21.5 Å². The first kappa shape index (κ1) is 23.8. The first-order valence-electron chi connectivity index (χ1n) is 11.3. The number of nitrogens with zero attached hydrogens (tertiary/aromatic N) is 5. The molecular weight excluding hydrogens is 450 g/mol. The van der Waals surface area contributed by atoms with Crippen LogP contribution in [0.15, 0.2) is 47.3 Å². The van der Waals surface area contributed by atoms with Gasteiger partial charge in [-0.3, -0.25) is 9.59 Å². The van der Waals surface area contributed by atoms with Gasteiger partial charge in [0.25, 0.3) is 11.5 Å². The van der Waals surface area contributed by atoms with E-state index in [-0.39, 0.29) is 17.0 Å². The van der Waals surface area contributed by atoms with Crippen molar-refractivity contribution in [2.45, 2.75) is 13.5 Å². The molecule has 0 saturated carbocycles. The second-order valence-electron chi connectivity index (χ2n) is 8.90. The smallest absolute Gasteiger partial charge is 0.271 e. The number of rotatable bonds is 5. The Kier molecular flexibility index (Phi) is 6.92. The lowest BCUT2D eigenvalue weighted by atomic mass is 10.0. The molecule has 0 aliphatic carbocycles. The SMILES string of the molecule is Cc1ccc2c(c1)c(N1CCN(C(=O)c3ccc(Cl)cc3)CC1)c(C#N)c(=O)n2CCN(C)C. The maximum atomic E-state index is 13.4. The fraction of sp³-hybridized carbons (Fsp3) is 0.346. The Hall–Kier alpha value is -3.34. The third kappa shape index (κ3) is 4.65. The number of piperazine rings is 1. The molecule has 1 aliphatic rings. The molecule has 1 aromatic heterocycles. The molecule has 2 aromatic carbocycles. The summed E-state index contributed by atoms with van der Waals surface area (Å²) < 4.78 is 1.71. The molecule has 0 spiro atoms. The van der Waals surface area contributed by atoms with Gasteiger partial charge in [0.15, 0.2) is 0 Å². The number of halogens is 1. The van der Waals surface area contributed by atoms with Crippen molar-refractivity contribution < 1.29 is 4.79 Å². The van der Waals surface area contributed by atoms with E-state index in [4.69, 9.17) is 11.6 Å². The van der Waals surface area contributed by atoms with Crippen LogP contribution in [0.3, 0.4) is 0 Å². The number of benzene rings is 2. The maximum absolute atomic E-state index is 13.4. The first-order valence-corrected chi connectivity index (χ1v) is 11.7. The van der Waals surface area contributed by atoms with Gasteiger partial charge in [0, 0.05) is 55.2 Å². The van der Waals surface area contributed by atoms with E-state index in [1.807, 2.05) is 44.1 Å². The number of likely N-dealkylation sites (N-methyl/N-ethyl adjacent to an activating group) is 1. The van der Waals surface area contributed by atoms with Crippen LogP contribution >= 0.6 is 11.6 Å². The molecule has 0 unspecified atom stereocenters. The van der Waals surface area contributed by atoms with Gasteiger partial charge in [0.1, 0.15) is 11.6 Å².